The molecule has 4 N–H and O–H groups in total. The van der Waals surface area contributed by atoms with Crippen LogP contribution in [0.15, 0.2) is 60.8 Å². The number of carbonyl (C=O) groups excluding carboxylic acids is 1. The van der Waals surface area contributed by atoms with Gasteiger partial charge in [0.15, 0.2) is 6.29 Å². The smallest absolute Gasteiger partial charge is 0.397 e. The summed E-state index contributed by atoms with van der Waals surface area (Å²) >= 11 is 0. The SMILES string of the molecule is CC/C=C\C/C=C\C/C=C\C/C=C\CCCCCCCCCOCC(COC1OC(CO)C(O)C(OS(=O)(=O)O)C1O)OC(=O)CCCCCCC/C=C\CCCCCCC. The maximum Gasteiger partial charge on any atom is 0.397 e. The van der Waals surface area contributed by atoms with E-state index < -0.39 is 59.8 Å². The van der Waals surface area contributed by atoms with Gasteiger partial charge >= 0.3 is 16.4 Å². The van der Waals surface area contributed by atoms with Gasteiger partial charge in [0.05, 0.1) is 19.8 Å². The molecule has 0 aliphatic carbocycles. The summed E-state index contributed by atoms with van der Waals surface area (Å²) in [5, 5.41) is 30.7. The molecule has 1 rings (SSSR count). The monoisotopic (exact) mass is 885 g/mol. The molecule has 1 fully saturated rings. The first-order valence-corrected chi connectivity index (χ1v) is 24.9. The topological polar surface area (TPSA) is 178 Å². The molecule has 0 bridgehead atoms. The van der Waals surface area contributed by atoms with Crippen LogP contribution in [0, 0.1) is 0 Å². The number of allylic oxidation sites excluding steroid dienone is 10. The number of aliphatic hydroxyl groups is 3. The highest BCUT2D eigenvalue weighted by atomic mass is 32.3. The number of ether oxygens (including phenoxy) is 4. The van der Waals surface area contributed by atoms with Gasteiger partial charge in [0, 0.05) is 13.0 Å². The fourth-order valence-electron chi connectivity index (χ4n) is 6.83. The zero-order valence-electron chi connectivity index (χ0n) is 37.7. The van der Waals surface area contributed by atoms with E-state index in [4.69, 9.17) is 23.5 Å². The molecule has 13 heteroatoms. The summed E-state index contributed by atoms with van der Waals surface area (Å²) in [5.74, 6) is -0.414. The van der Waals surface area contributed by atoms with Gasteiger partial charge in [0.2, 0.25) is 0 Å². The lowest BCUT2D eigenvalue weighted by Gasteiger charge is -2.41. The molecule has 0 amide bonds. The molecule has 61 heavy (non-hydrogen) atoms. The predicted molar refractivity (Wildman–Crippen MR) is 243 cm³/mol. The van der Waals surface area contributed by atoms with Gasteiger partial charge < -0.3 is 34.3 Å². The van der Waals surface area contributed by atoms with Crippen molar-refractivity contribution in [1.29, 1.82) is 0 Å². The van der Waals surface area contributed by atoms with Crippen molar-refractivity contribution in [3.05, 3.63) is 60.8 Å². The predicted octanol–water partition coefficient (Wildman–Crippen LogP) is 10.1. The van der Waals surface area contributed by atoms with Crippen LogP contribution in [0.2, 0.25) is 0 Å². The third-order valence-electron chi connectivity index (χ3n) is 10.4. The molecule has 0 aromatic heterocycles. The standard InChI is InChI=1S/C48H84O12S/c1-3-5-7-9-11-13-15-17-19-20-21-22-23-24-26-28-30-32-34-36-38-56-40-42(41-57-48-46(52)47(60-61(53,54)55)45(51)43(39-49)59-48)58-44(50)37-35-33-31-29-27-25-18-16-14-12-10-8-6-4-2/h5,7,11,13,16-19,21-22,42-43,45-49,51-52H,3-4,6,8-10,12,14-15,20,23-41H2,1-2H3,(H,53,54,55)/b7-5-,13-11-,18-16-,19-17-,22-21-. The van der Waals surface area contributed by atoms with Crippen LogP contribution in [0.4, 0.5) is 0 Å². The molecule has 1 aliphatic heterocycles. The second kappa shape index (κ2) is 39.4. The maximum absolute atomic E-state index is 12.8. The normalized spacial score (nSPS) is 20.7. The van der Waals surface area contributed by atoms with Crippen molar-refractivity contribution in [2.24, 2.45) is 0 Å². The Labute approximate surface area is 369 Å². The van der Waals surface area contributed by atoms with Crippen molar-refractivity contribution in [3.63, 3.8) is 0 Å². The van der Waals surface area contributed by atoms with Crippen LogP contribution >= 0.6 is 0 Å². The van der Waals surface area contributed by atoms with E-state index in [-0.39, 0.29) is 19.6 Å². The molecular weight excluding hydrogens is 801 g/mol. The molecule has 1 heterocycles. The lowest BCUT2D eigenvalue weighted by Crippen LogP contribution is -2.60. The molecule has 0 saturated carbocycles. The summed E-state index contributed by atoms with van der Waals surface area (Å²) in [6, 6.07) is 0. The van der Waals surface area contributed by atoms with E-state index in [1.165, 1.54) is 51.4 Å². The van der Waals surface area contributed by atoms with E-state index in [1.54, 1.807) is 0 Å². The first-order chi connectivity index (χ1) is 29.6. The summed E-state index contributed by atoms with van der Waals surface area (Å²) in [6.45, 7) is 3.82. The van der Waals surface area contributed by atoms with Crippen LogP contribution in [0.5, 0.6) is 0 Å². The first-order valence-electron chi connectivity index (χ1n) is 23.5. The number of carbonyl (C=O) groups is 1. The van der Waals surface area contributed by atoms with Gasteiger partial charge in [-0.25, -0.2) is 4.18 Å². The highest BCUT2D eigenvalue weighted by Crippen LogP contribution is 2.26. The summed E-state index contributed by atoms with van der Waals surface area (Å²) in [5.41, 5.74) is 0. The van der Waals surface area contributed by atoms with Crippen molar-refractivity contribution in [2.45, 2.75) is 211 Å². The molecule has 6 unspecified atom stereocenters. The summed E-state index contributed by atoms with van der Waals surface area (Å²) in [7, 11) is -5.07. The minimum Gasteiger partial charge on any atom is -0.457 e. The third kappa shape index (κ3) is 33.0. The average Bonchev–Trinajstić information content (AvgIpc) is 3.23. The van der Waals surface area contributed by atoms with Crippen LogP contribution in [-0.4, -0.2) is 97.5 Å². The Bertz CT molecular complexity index is 1300. The van der Waals surface area contributed by atoms with Crippen LogP contribution < -0.4 is 0 Å². The second-order valence-corrected chi connectivity index (χ2v) is 17.0. The van der Waals surface area contributed by atoms with Crippen LogP contribution in [0.25, 0.3) is 0 Å². The Hall–Kier alpha value is -2.20. The molecule has 0 radical (unpaired) electrons. The minimum atomic E-state index is -5.07. The molecular formula is C48H84O12S. The Balaban J connectivity index is 2.41. The number of hydrogen-bond acceptors (Lipinski definition) is 11. The van der Waals surface area contributed by atoms with Gasteiger partial charge in [-0.05, 0) is 77.0 Å². The molecule has 354 valence electrons. The Morgan fingerprint density at radius 3 is 1.67 bits per heavy atom. The second-order valence-electron chi connectivity index (χ2n) is 16.0. The Morgan fingerprint density at radius 1 is 0.639 bits per heavy atom. The van der Waals surface area contributed by atoms with E-state index in [1.807, 2.05) is 0 Å². The molecule has 12 nitrogen and oxygen atoms in total. The molecule has 0 aromatic rings. The van der Waals surface area contributed by atoms with E-state index >= 15 is 0 Å². The van der Waals surface area contributed by atoms with E-state index in [2.05, 4.69) is 78.8 Å². The highest BCUT2D eigenvalue weighted by molar-refractivity contribution is 7.80. The number of rotatable bonds is 40. The van der Waals surface area contributed by atoms with Gasteiger partial charge in [0.25, 0.3) is 0 Å². The molecule has 1 saturated heterocycles. The van der Waals surface area contributed by atoms with Gasteiger partial charge in [-0.2, -0.15) is 8.42 Å². The van der Waals surface area contributed by atoms with Gasteiger partial charge in [-0.15, -0.1) is 0 Å². The Morgan fingerprint density at radius 2 is 1.13 bits per heavy atom. The average molecular weight is 885 g/mol. The van der Waals surface area contributed by atoms with Crippen LogP contribution in [-0.2, 0) is 38.3 Å². The van der Waals surface area contributed by atoms with Crippen LogP contribution in [0.3, 0.4) is 0 Å². The van der Waals surface area contributed by atoms with Crippen molar-refractivity contribution >= 4 is 16.4 Å². The van der Waals surface area contributed by atoms with Gasteiger partial charge in [-0.3, -0.25) is 9.35 Å². The summed E-state index contributed by atoms with van der Waals surface area (Å²) in [4.78, 5) is 12.8. The minimum absolute atomic E-state index is 0.0229. The van der Waals surface area contributed by atoms with Gasteiger partial charge in [-0.1, -0.05) is 152 Å². The van der Waals surface area contributed by atoms with Crippen molar-refractivity contribution < 1.29 is 56.2 Å². The van der Waals surface area contributed by atoms with E-state index in [0.717, 1.165) is 96.3 Å². The lowest BCUT2D eigenvalue weighted by molar-refractivity contribution is -0.301. The fourth-order valence-corrected chi connectivity index (χ4v) is 7.34. The zero-order chi connectivity index (χ0) is 44.7. The largest absolute Gasteiger partial charge is 0.457 e. The molecule has 6 atom stereocenters. The quantitative estimate of drug-likeness (QED) is 0.0198. The number of aliphatic hydroxyl groups excluding tert-OH is 3. The molecule has 1 aliphatic rings. The lowest BCUT2D eigenvalue weighted by atomic mass is 9.99. The highest BCUT2D eigenvalue weighted by Gasteiger charge is 2.48. The first kappa shape index (κ1) is 56.8. The van der Waals surface area contributed by atoms with Crippen molar-refractivity contribution in [2.75, 3.05) is 26.4 Å². The molecule has 0 aromatic carbocycles. The third-order valence-corrected chi connectivity index (χ3v) is 10.8. The van der Waals surface area contributed by atoms with Crippen molar-refractivity contribution in [3.8, 4) is 0 Å². The number of hydrogen-bond donors (Lipinski definition) is 4. The van der Waals surface area contributed by atoms with Crippen molar-refractivity contribution in [1.82, 2.24) is 0 Å². The summed E-state index contributed by atoms with van der Waals surface area (Å²) in [6.07, 6.45) is 39.6. The fraction of sp³-hybridized carbons (Fsp3) is 0.771. The number of esters is 1. The zero-order valence-corrected chi connectivity index (χ0v) is 38.5. The van der Waals surface area contributed by atoms with E-state index in [0.29, 0.717) is 13.0 Å². The Kier molecular flexibility index (Phi) is 36.7. The van der Waals surface area contributed by atoms with Crippen LogP contribution in [0.1, 0.15) is 174 Å². The molecule has 0 spiro atoms. The van der Waals surface area contributed by atoms with E-state index in [9.17, 15) is 28.5 Å². The maximum atomic E-state index is 12.8. The summed E-state index contributed by atoms with van der Waals surface area (Å²) < 4.78 is 59.1. The van der Waals surface area contributed by atoms with Gasteiger partial charge in [0.1, 0.15) is 30.5 Å². The number of unbranched alkanes of at least 4 members (excludes halogenated alkanes) is 17.